The Morgan fingerprint density at radius 3 is 2.16 bits per heavy atom. The number of carboxylic acids is 1. The lowest BCUT2D eigenvalue weighted by Gasteiger charge is -2.27. The van der Waals surface area contributed by atoms with Gasteiger partial charge in [-0.25, -0.2) is 4.79 Å². The van der Waals surface area contributed by atoms with Gasteiger partial charge < -0.3 is 26.0 Å². The lowest BCUT2D eigenvalue weighted by Crippen LogP contribution is -2.55. The molecule has 4 atom stereocenters. The van der Waals surface area contributed by atoms with Crippen LogP contribution in [0, 0.1) is 0 Å². The van der Waals surface area contributed by atoms with E-state index in [1.807, 2.05) is 60.7 Å². The number of hydrogen-bond donors (Lipinski definition) is 4. The van der Waals surface area contributed by atoms with Gasteiger partial charge in [-0.3, -0.25) is 14.4 Å². The van der Waals surface area contributed by atoms with E-state index in [0.29, 0.717) is 32.2 Å². The molecule has 0 aliphatic carbocycles. The van der Waals surface area contributed by atoms with Crippen molar-refractivity contribution in [1.29, 1.82) is 0 Å². The fraction of sp³-hybridized carbons (Fsp3) is 0.448. The molecular weight excluding hydrogens is 484 g/mol. The number of rotatable bonds is 11. The molecule has 38 heavy (non-hydrogen) atoms. The van der Waals surface area contributed by atoms with Gasteiger partial charge in [-0.1, -0.05) is 60.7 Å². The highest BCUT2D eigenvalue weighted by Crippen LogP contribution is 2.20. The number of hydrogen-bond acceptors (Lipinski definition) is 5. The molecule has 2 aliphatic rings. The highest BCUT2D eigenvalue weighted by Gasteiger charge is 2.35. The summed E-state index contributed by atoms with van der Waals surface area (Å²) in [6.45, 7) is 1.16. The van der Waals surface area contributed by atoms with Gasteiger partial charge in [0.2, 0.25) is 17.7 Å². The maximum absolute atomic E-state index is 13.6. The molecule has 2 heterocycles. The van der Waals surface area contributed by atoms with Gasteiger partial charge in [-0.15, -0.1) is 0 Å². The largest absolute Gasteiger partial charge is 0.480 e. The van der Waals surface area contributed by atoms with Crippen molar-refractivity contribution in [3.05, 3.63) is 71.8 Å². The van der Waals surface area contributed by atoms with E-state index in [9.17, 15) is 24.3 Å². The zero-order chi connectivity index (χ0) is 26.9. The first-order chi connectivity index (χ1) is 18.4. The molecule has 0 radical (unpaired) electrons. The maximum Gasteiger partial charge on any atom is 0.326 e. The Kier molecular flexibility index (Phi) is 9.48. The number of carbonyl (C=O) groups is 4. The van der Waals surface area contributed by atoms with Crippen molar-refractivity contribution in [3.63, 3.8) is 0 Å². The van der Waals surface area contributed by atoms with Crippen molar-refractivity contribution < 1.29 is 24.3 Å². The minimum Gasteiger partial charge on any atom is -0.480 e. The summed E-state index contributed by atoms with van der Waals surface area (Å²) in [4.78, 5) is 52.7. The van der Waals surface area contributed by atoms with Crippen LogP contribution >= 0.6 is 0 Å². The number of nitrogens with zero attached hydrogens (tertiary/aromatic N) is 1. The summed E-state index contributed by atoms with van der Waals surface area (Å²) in [6, 6.07) is 16.5. The highest BCUT2D eigenvalue weighted by molar-refractivity contribution is 5.91. The third-order valence-electron chi connectivity index (χ3n) is 7.24. The van der Waals surface area contributed by atoms with E-state index in [1.165, 1.54) is 4.90 Å². The molecule has 0 unspecified atom stereocenters. The number of aliphatic carboxylic acids is 1. The second kappa shape index (κ2) is 13.2. The van der Waals surface area contributed by atoms with Crippen LogP contribution in [0.1, 0.15) is 43.2 Å². The van der Waals surface area contributed by atoms with E-state index in [1.54, 1.807) is 0 Å². The molecule has 202 valence electrons. The molecule has 0 saturated carbocycles. The van der Waals surface area contributed by atoms with Gasteiger partial charge in [0.15, 0.2) is 0 Å². The molecule has 2 aromatic carbocycles. The minimum atomic E-state index is -1.01. The standard InChI is InChI=1S/C29H36N4O5/c34-26(33-16-8-14-25(33)29(37)38)19-22(17-20-9-3-1-4-10-20)31-28(36)24(18-21-11-5-2-6-12-21)32-27(35)23-13-7-15-30-23/h1-6,9-12,22-25,30H,7-8,13-19H2,(H,31,36)(H,32,35)(H,37,38)/t22-,23-,24-,25-/m0/s1. The fourth-order valence-corrected chi connectivity index (χ4v) is 5.26. The summed E-state index contributed by atoms with van der Waals surface area (Å²) < 4.78 is 0. The smallest absolute Gasteiger partial charge is 0.326 e. The first-order valence-corrected chi connectivity index (χ1v) is 13.3. The third kappa shape index (κ3) is 7.41. The van der Waals surface area contributed by atoms with Crippen molar-refractivity contribution in [2.75, 3.05) is 13.1 Å². The lowest BCUT2D eigenvalue weighted by atomic mass is 10.00. The van der Waals surface area contributed by atoms with Crippen molar-refractivity contribution in [2.24, 2.45) is 0 Å². The van der Waals surface area contributed by atoms with E-state index in [2.05, 4.69) is 16.0 Å². The van der Waals surface area contributed by atoms with E-state index < -0.39 is 24.1 Å². The van der Waals surface area contributed by atoms with Gasteiger partial charge >= 0.3 is 5.97 Å². The van der Waals surface area contributed by atoms with Gasteiger partial charge in [-0.05, 0) is 49.8 Å². The van der Waals surface area contributed by atoms with Crippen molar-refractivity contribution in [2.45, 2.75) is 69.1 Å². The number of nitrogens with one attached hydrogen (secondary N) is 3. The first kappa shape index (κ1) is 27.3. The van der Waals surface area contributed by atoms with Crippen LogP contribution in [0.15, 0.2) is 60.7 Å². The summed E-state index contributed by atoms with van der Waals surface area (Å²) in [6.07, 6.45) is 3.38. The monoisotopic (exact) mass is 520 g/mol. The van der Waals surface area contributed by atoms with Crippen LogP contribution in [-0.2, 0) is 32.0 Å². The number of carboxylic acid groups (broad SMARTS) is 1. The topological polar surface area (TPSA) is 128 Å². The van der Waals surface area contributed by atoms with Gasteiger partial charge in [0, 0.05) is 25.4 Å². The van der Waals surface area contributed by atoms with Crippen LogP contribution in [0.4, 0.5) is 0 Å². The summed E-state index contributed by atoms with van der Waals surface area (Å²) in [5.41, 5.74) is 1.85. The number of carbonyl (C=O) groups excluding carboxylic acids is 3. The molecule has 9 heteroatoms. The molecule has 0 spiro atoms. The first-order valence-electron chi connectivity index (χ1n) is 13.3. The van der Waals surface area contributed by atoms with Gasteiger partial charge in [0.25, 0.3) is 0 Å². The third-order valence-corrected chi connectivity index (χ3v) is 7.24. The molecule has 2 aliphatic heterocycles. The van der Waals surface area contributed by atoms with Gasteiger partial charge in [0.1, 0.15) is 12.1 Å². The predicted octanol–water partition coefficient (Wildman–Crippen LogP) is 1.66. The summed E-state index contributed by atoms with van der Waals surface area (Å²) in [7, 11) is 0. The SMILES string of the molecule is O=C(N[C@@H](Cc1ccccc1)C(=O)N[C@H](CC(=O)N1CCC[C@H]1C(=O)O)Cc1ccccc1)[C@@H]1CCCN1. The summed E-state index contributed by atoms with van der Waals surface area (Å²) >= 11 is 0. The van der Waals surface area contributed by atoms with E-state index in [4.69, 9.17) is 0 Å². The van der Waals surface area contributed by atoms with Gasteiger partial charge in [-0.2, -0.15) is 0 Å². The molecule has 9 nitrogen and oxygen atoms in total. The molecule has 4 N–H and O–H groups in total. The Hall–Kier alpha value is -3.72. The van der Waals surface area contributed by atoms with Crippen molar-refractivity contribution in [3.8, 4) is 0 Å². The molecule has 4 rings (SSSR count). The number of likely N-dealkylation sites (tertiary alicyclic amines) is 1. The van der Waals surface area contributed by atoms with Crippen LogP contribution < -0.4 is 16.0 Å². The predicted molar refractivity (Wildman–Crippen MR) is 142 cm³/mol. The average molecular weight is 521 g/mol. The lowest BCUT2D eigenvalue weighted by molar-refractivity contribution is -0.148. The van der Waals surface area contributed by atoms with E-state index in [0.717, 1.165) is 30.5 Å². The molecule has 2 saturated heterocycles. The van der Waals surface area contributed by atoms with E-state index in [-0.39, 0.29) is 30.2 Å². The van der Waals surface area contributed by atoms with E-state index >= 15 is 0 Å². The zero-order valence-corrected chi connectivity index (χ0v) is 21.5. The highest BCUT2D eigenvalue weighted by atomic mass is 16.4. The molecule has 2 fully saturated rings. The van der Waals surface area contributed by atoms with Gasteiger partial charge in [0.05, 0.1) is 6.04 Å². The Morgan fingerprint density at radius 1 is 0.895 bits per heavy atom. The Labute approximate surface area is 223 Å². The number of amides is 3. The van der Waals surface area contributed by atoms with Crippen LogP contribution in [0.3, 0.4) is 0 Å². The van der Waals surface area contributed by atoms with Crippen LogP contribution in [0.25, 0.3) is 0 Å². The fourth-order valence-electron chi connectivity index (χ4n) is 5.26. The number of benzene rings is 2. The quantitative estimate of drug-likeness (QED) is 0.357. The normalized spacial score (nSPS) is 20.5. The van der Waals surface area contributed by atoms with Crippen LogP contribution in [0.5, 0.6) is 0 Å². The molecule has 3 amide bonds. The van der Waals surface area contributed by atoms with Crippen LogP contribution in [0.2, 0.25) is 0 Å². The summed E-state index contributed by atoms with van der Waals surface area (Å²) in [5.74, 6) is -1.89. The Morgan fingerprint density at radius 2 is 1.55 bits per heavy atom. The van der Waals surface area contributed by atoms with Crippen LogP contribution in [-0.4, -0.2) is 71.0 Å². The Bertz CT molecular complexity index is 1100. The Balaban J connectivity index is 1.50. The zero-order valence-electron chi connectivity index (χ0n) is 21.5. The second-order valence-electron chi connectivity index (χ2n) is 10.1. The second-order valence-corrected chi connectivity index (χ2v) is 10.1. The van der Waals surface area contributed by atoms with Crippen molar-refractivity contribution >= 4 is 23.7 Å². The average Bonchev–Trinajstić information content (AvgIpc) is 3.62. The molecule has 2 aromatic rings. The van der Waals surface area contributed by atoms with Crippen molar-refractivity contribution in [1.82, 2.24) is 20.9 Å². The minimum absolute atomic E-state index is 0.0272. The molecule has 0 bridgehead atoms. The summed E-state index contributed by atoms with van der Waals surface area (Å²) in [5, 5.41) is 18.6. The molecular formula is C29H36N4O5. The maximum atomic E-state index is 13.6. The molecule has 0 aromatic heterocycles.